The van der Waals surface area contributed by atoms with E-state index < -0.39 is 0 Å². The quantitative estimate of drug-likeness (QED) is 0.857. The van der Waals surface area contributed by atoms with Crippen LogP contribution in [0.3, 0.4) is 0 Å². The smallest absolute Gasteiger partial charge is 0.253 e. The van der Waals surface area contributed by atoms with Gasteiger partial charge in [0, 0.05) is 25.0 Å². The lowest BCUT2D eigenvalue weighted by Crippen LogP contribution is -2.30. The normalized spacial score (nSPS) is 10.4. The highest BCUT2D eigenvalue weighted by Gasteiger charge is 2.07. The third-order valence-corrected chi connectivity index (χ3v) is 3.01. The van der Waals surface area contributed by atoms with E-state index >= 15 is 0 Å². The molecule has 0 aliphatic rings. The van der Waals surface area contributed by atoms with Gasteiger partial charge in [-0.3, -0.25) is 9.78 Å². The van der Waals surface area contributed by atoms with Gasteiger partial charge in [0.05, 0.1) is 11.3 Å². The number of anilines is 1. The summed E-state index contributed by atoms with van der Waals surface area (Å²) >= 11 is 0. The van der Waals surface area contributed by atoms with Crippen LogP contribution in [0.15, 0.2) is 48.8 Å². The van der Waals surface area contributed by atoms with Crippen molar-refractivity contribution in [2.45, 2.75) is 26.3 Å². The van der Waals surface area contributed by atoms with Gasteiger partial charge in [-0.25, -0.2) is 0 Å². The molecule has 0 saturated heterocycles. The number of aromatic nitrogens is 1. The van der Waals surface area contributed by atoms with Gasteiger partial charge in [0.15, 0.2) is 0 Å². The maximum absolute atomic E-state index is 11.9. The van der Waals surface area contributed by atoms with Gasteiger partial charge in [-0.05, 0) is 31.9 Å². The van der Waals surface area contributed by atoms with Gasteiger partial charge in [-0.15, -0.1) is 0 Å². The minimum Gasteiger partial charge on any atom is -0.383 e. The van der Waals surface area contributed by atoms with Crippen LogP contribution in [0.4, 0.5) is 5.69 Å². The first-order valence-corrected chi connectivity index (χ1v) is 7.19. The molecule has 1 aromatic heterocycles. The minimum absolute atomic E-state index is 0.0933. The Morgan fingerprint density at radius 2 is 1.95 bits per heavy atom. The molecule has 1 amide bonds. The predicted molar refractivity (Wildman–Crippen MR) is 85.5 cm³/mol. The average molecular weight is 283 g/mol. The third kappa shape index (κ3) is 4.91. The zero-order chi connectivity index (χ0) is 15.1. The fraction of sp³-hybridized carbons (Fsp3) is 0.294. The molecule has 110 valence electrons. The van der Waals surface area contributed by atoms with Gasteiger partial charge in [-0.2, -0.15) is 0 Å². The number of nitrogens with one attached hydrogen (secondary N) is 2. The summed E-state index contributed by atoms with van der Waals surface area (Å²) in [6.07, 6.45) is 4.25. The molecule has 4 nitrogen and oxygen atoms in total. The summed E-state index contributed by atoms with van der Waals surface area (Å²) in [6, 6.07) is 12.2. The van der Waals surface area contributed by atoms with Gasteiger partial charge in [0.25, 0.3) is 5.91 Å². The van der Waals surface area contributed by atoms with Crippen molar-refractivity contribution in [2.24, 2.45) is 0 Å². The molecule has 0 aliphatic heterocycles. The molecule has 2 N–H and O–H groups in total. The summed E-state index contributed by atoms with van der Waals surface area (Å²) in [5.74, 6) is -0.0933. The molecule has 4 heteroatoms. The molecule has 1 heterocycles. The molecule has 2 rings (SSSR count). The minimum atomic E-state index is -0.0933. The van der Waals surface area contributed by atoms with Crippen LogP contribution in [0.2, 0.25) is 0 Å². The lowest BCUT2D eigenvalue weighted by atomic mass is 10.1. The molecule has 0 fully saturated rings. The first-order chi connectivity index (χ1) is 10.1. The van der Waals surface area contributed by atoms with Crippen LogP contribution in [0.5, 0.6) is 0 Å². The molecule has 0 spiro atoms. The third-order valence-electron chi connectivity index (χ3n) is 3.01. The van der Waals surface area contributed by atoms with E-state index in [1.165, 1.54) is 5.56 Å². The monoisotopic (exact) mass is 283 g/mol. The summed E-state index contributed by atoms with van der Waals surface area (Å²) in [4.78, 5) is 16.0. The number of benzene rings is 1. The van der Waals surface area contributed by atoms with Crippen LogP contribution in [0.1, 0.15) is 29.8 Å². The number of hydrogen-bond acceptors (Lipinski definition) is 3. The first-order valence-electron chi connectivity index (χ1n) is 7.19. The molecular formula is C17H21N3O. The topological polar surface area (TPSA) is 54.0 Å². The molecule has 0 radical (unpaired) electrons. The van der Waals surface area contributed by atoms with Crippen molar-refractivity contribution in [3.05, 3.63) is 59.9 Å². The van der Waals surface area contributed by atoms with Gasteiger partial charge < -0.3 is 10.6 Å². The van der Waals surface area contributed by atoms with E-state index in [1.54, 1.807) is 12.4 Å². The van der Waals surface area contributed by atoms with E-state index in [2.05, 4.69) is 27.8 Å². The number of carbonyl (C=O) groups is 1. The highest BCUT2D eigenvalue weighted by molar-refractivity contribution is 5.94. The van der Waals surface area contributed by atoms with Crippen molar-refractivity contribution in [3.63, 3.8) is 0 Å². The van der Waals surface area contributed by atoms with E-state index in [1.807, 2.05) is 38.1 Å². The molecule has 2 aromatic rings. The predicted octanol–water partition coefficient (Wildman–Crippen LogP) is 2.87. The summed E-state index contributed by atoms with van der Waals surface area (Å²) in [7, 11) is 0. The van der Waals surface area contributed by atoms with Crippen molar-refractivity contribution < 1.29 is 4.79 Å². The van der Waals surface area contributed by atoms with Crippen LogP contribution in [-0.4, -0.2) is 23.5 Å². The number of nitrogens with zero attached hydrogens (tertiary/aromatic N) is 1. The van der Waals surface area contributed by atoms with E-state index in [9.17, 15) is 4.79 Å². The van der Waals surface area contributed by atoms with E-state index in [-0.39, 0.29) is 11.9 Å². The Hall–Kier alpha value is -2.36. The zero-order valence-electron chi connectivity index (χ0n) is 12.5. The van der Waals surface area contributed by atoms with Crippen LogP contribution >= 0.6 is 0 Å². The molecule has 0 bridgehead atoms. The lowest BCUT2D eigenvalue weighted by molar-refractivity contribution is 0.0943. The lowest BCUT2D eigenvalue weighted by Gasteiger charge is -2.10. The van der Waals surface area contributed by atoms with Crippen molar-refractivity contribution in [1.82, 2.24) is 10.3 Å². The zero-order valence-corrected chi connectivity index (χ0v) is 12.5. The Bertz CT molecular complexity index is 582. The van der Waals surface area contributed by atoms with Gasteiger partial charge in [0.1, 0.15) is 0 Å². The van der Waals surface area contributed by atoms with Crippen molar-refractivity contribution in [2.75, 3.05) is 11.9 Å². The van der Waals surface area contributed by atoms with Crippen LogP contribution < -0.4 is 10.6 Å². The fourth-order valence-corrected chi connectivity index (χ4v) is 2.00. The Morgan fingerprint density at radius 3 is 2.67 bits per heavy atom. The SMILES string of the molecule is CC(C)NC(=O)c1cncc(NCCc2ccccc2)c1. The summed E-state index contributed by atoms with van der Waals surface area (Å²) in [5.41, 5.74) is 2.72. The highest BCUT2D eigenvalue weighted by Crippen LogP contribution is 2.09. The van der Waals surface area contributed by atoms with Gasteiger partial charge in [-0.1, -0.05) is 30.3 Å². The molecule has 0 saturated carbocycles. The highest BCUT2D eigenvalue weighted by atomic mass is 16.1. The fourth-order valence-electron chi connectivity index (χ4n) is 2.00. The number of amides is 1. The Kier molecular flexibility index (Phi) is 5.32. The van der Waals surface area contributed by atoms with E-state index in [0.717, 1.165) is 18.7 Å². The molecule has 0 aliphatic carbocycles. The average Bonchev–Trinajstić information content (AvgIpc) is 2.48. The van der Waals surface area contributed by atoms with Gasteiger partial charge in [0.2, 0.25) is 0 Å². The maximum atomic E-state index is 11.9. The van der Waals surface area contributed by atoms with Crippen LogP contribution in [0.25, 0.3) is 0 Å². The largest absolute Gasteiger partial charge is 0.383 e. The number of hydrogen-bond donors (Lipinski definition) is 2. The first kappa shape index (κ1) is 15.0. The van der Waals surface area contributed by atoms with Crippen molar-refractivity contribution in [1.29, 1.82) is 0 Å². The second-order valence-corrected chi connectivity index (χ2v) is 5.25. The maximum Gasteiger partial charge on any atom is 0.253 e. The molecular weight excluding hydrogens is 262 g/mol. The molecule has 21 heavy (non-hydrogen) atoms. The van der Waals surface area contributed by atoms with E-state index in [0.29, 0.717) is 5.56 Å². The molecule has 0 unspecified atom stereocenters. The van der Waals surface area contributed by atoms with Crippen molar-refractivity contribution in [3.8, 4) is 0 Å². The molecule has 1 aromatic carbocycles. The van der Waals surface area contributed by atoms with Crippen LogP contribution in [-0.2, 0) is 6.42 Å². The summed E-state index contributed by atoms with van der Waals surface area (Å²) in [5, 5.41) is 6.16. The van der Waals surface area contributed by atoms with E-state index in [4.69, 9.17) is 0 Å². The number of carbonyl (C=O) groups excluding carboxylic acids is 1. The van der Waals surface area contributed by atoms with Crippen molar-refractivity contribution >= 4 is 11.6 Å². The van der Waals surface area contributed by atoms with Gasteiger partial charge >= 0.3 is 0 Å². The Labute approximate surface area is 125 Å². The standard InChI is InChI=1S/C17H21N3O/c1-13(2)20-17(21)15-10-16(12-18-11-15)19-9-8-14-6-4-3-5-7-14/h3-7,10-13,19H,8-9H2,1-2H3,(H,20,21). The van der Waals surface area contributed by atoms with Crippen LogP contribution in [0, 0.1) is 0 Å². The molecule has 0 atom stereocenters. The summed E-state index contributed by atoms with van der Waals surface area (Å²) in [6.45, 7) is 4.68. The summed E-state index contributed by atoms with van der Waals surface area (Å²) < 4.78 is 0. The number of rotatable bonds is 6. The second kappa shape index (κ2) is 7.43. The Balaban J connectivity index is 1.90. The second-order valence-electron chi connectivity index (χ2n) is 5.25. The Morgan fingerprint density at radius 1 is 1.19 bits per heavy atom. The number of pyridine rings is 1.